The minimum atomic E-state index is -0.581. The first-order valence-corrected chi connectivity index (χ1v) is 8.76. The summed E-state index contributed by atoms with van der Waals surface area (Å²) in [5.74, 6) is 0. The standard InChI is InChI=1S/C21H22ClNO/c1-4-7-15-8-5-6-9-17(15)21-18-11-10-16(22)12-19(18)23-13(2)20(21)14(3)24/h5-6,8-12,14,24H,4,7H2,1-3H3/t14-/m0/s1. The number of pyridine rings is 1. The molecule has 0 aliphatic heterocycles. The third-order valence-corrected chi connectivity index (χ3v) is 4.64. The molecule has 1 atom stereocenters. The number of hydrogen-bond donors (Lipinski definition) is 1. The van der Waals surface area contributed by atoms with Gasteiger partial charge in [-0.3, -0.25) is 4.98 Å². The van der Waals surface area contributed by atoms with E-state index in [0.717, 1.165) is 40.6 Å². The topological polar surface area (TPSA) is 33.1 Å². The molecule has 124 valence electrons. The third-order valence-electron chi connectivity index (χ3n) is 4.40. The van der Waals surface area contributed by atoms with Crippen molar-refractivity contribution in [3.63, 3.8) is 0 Å². The van der Waals surface area contributed by atoms with E-state index in [0.29, 0.717) is 5.02 Å². The highest BCUT2D eigenvalue weighted by atomic mass is 35.5. The highest BCUT2D eigenvalue weighted by Crippen LogP contribution is 2.38. The van der Waals surface area contributed by atoms with Crippen LogP contribution < -0.4 is 0 Å². The van der Waals surface area contributed by atoms with Crippen LogP contribution in [0.1, 0.15) is 43.2 Å². The predicted octanol–water partition coefficient (Wildman–Crippen LogP) is 5.87. The highest BCUT2D eigenvalue weighted by molar-refractivity contribution is 6.31. The summed E-state index contributed by atoms with van der Waals surface area (Å²) < 4.78 is 0. The van der Waals surface area contributed by atoms with Crippen molar-refractivity contribution < 1.29 is 5.11 Å². The van der Waals surface area contributed by atoms with Crippen molar-refractivity contribution >= 4 is 22.5 Å². The van der Waals surface area contributed by atoms with E-state index in [1.807, 2.05) is 25.1 Å². The largest absolute Gasteiger partial charge is 0.389 e. The van der Waals surface area contributed by atoms with Gasteiger partial charge in [0.15, 0.2) is 0 Å². The van der Waals surface area contributed by atoms with Gasteiger partial charge in [0.05, 0.1) is 11.6 Å². The van der Waals surface area contributed by atoms with Gasteiger partial charge in [0, 0.05) is 21.7 Å². The molecule has 0 radical (unpaired) electrons. The van der Waals surface area contributed by atoms with E-state index in [1.54, 1.807) is 6.92 Å². The summed E-state index contributed by atoms with van der Waals surface area (Å²) in [4.78, 5) is 4.68. The number of rotatable bonds is 4. The molecular weight excluding hydrogens is 318 g/mol. The Hall–Kier alpha value is -1.90. The Morgan fingerprint density at radius 3 is 2.62 bits per heavy atom. The van der Waals surface area contributed by atoms with Crippen LogP contribution >= 0.6 is 11.6 Å². The molecule has 3 heteroatoms. The van der Waals surface area contributed by atoms with Crippen LogP contribution in [0.4, 0.5) is 0 Å². The Morgan fingerprint density at radius 2 is 1.92 bits per heavy atom. The molecule has 0 saturated heterocycles. The lowest BCUT2D eigenvalue weighted by molar-refractivity contribution is 0.199. The van der Waals surface area contributed by atoms with Crippen LogP contribution in [0.3, 0.4) is 0 Å². The van der Waals surface area contributed by atoms with Gasteiger partial charge in [0.25, 0.3) is 0 Å². The second kappa shape index (κ2) is 6.92. The van der Waals surface area contributed by atoms with Crippen LogP contribution in [0, 0.1) is 6.92 Å². The molecule has 3 aromatic rings. The van der Waals surface area contributed by atoms with Gasteiger partial charge in [-0.1, -0.05) is 55.3 Å². The van der Waals surface area contributed by atoms with Crippen molar-refractivity contribution in [1.82, 2.24) is 4.98 Å². The number of aliphatic hydroxyl groups is 1. The van der Waals surface area contributed by atoms with E-state index in [2.05, 4.69) is 36.2 Å². The van der Waals surface area contributed by atoms with Crippen molar-refractivity contribution in [1.29, 1.82) is 0 Å². The summed E-state index contributed by atoms with van der Waals surface area (Å²) in [6.07, 6.45) is 1.50. The molecule has 24 heavy (non-hydrogen) atoms. The fraction of sp³-hybridized carbons (Fsp3) is 0.286. The number of aliphatic hydroxyl groups excluding tert-OH is 1. The summed E-state index contributed by atoms with van der Waals surface area (Å²) in [5, 5.41) is 12.1. The zero-order valence-corrected chi connectivity index (χ0v) is 15.1. The lowest BCUT2D eigenvalue weighted by Crippen LogP contribution is -2.04. The third kappa shape index (κ3) is 3.04. The SMILES string of the molecule is CCCc1ccccc1-c1c([C@H](C)O)c(C)nc2cc(Cl)ccc12. The van der Waals surface area contributed by atoms with Crippen molar-refractivity contribution in [3.8, 4) is 11.1 Å². The second-order valence-corrected chi connectivity index (χ2v) is 6.67. The normalized spacial score (nSPS) is 12.5. The molecule has 0 aliphatic rings. The quantitative estimate of drug-likeness (QED) is 0.644. The Balaban J connectivity index is 2.43. The van der Waals surface area contributed by atoms with Gasteiger partial charge in [-0.05, 0) is 49.1 Å². The zero-order valence-electron chi connectivity index (χ0n) is 14.3. The number of nitrogens with zero attached hydrogens (tertiary/aromatic N) is 1. The number of aromatic nitrogens is 1. The molecule has 0 amide bonds. The van der Waals surface area contributed by atoms with Gasteiger partial charge in [0.1, 0.15) is 0 Å². The molecule has 0 fully saturated rings. The van der Waals surface area contributed by atoms with E-state index in [-0.39, 0.29) is 0 Å². The second-order valence-electron chi connectivity index (χ2n) is 6.23. The van der Waals surface area contributed by atoms with E-state index in [9.17, 15) is 5.11 Å². The van der Waals surface area contributed by atoms with Crippen LogP contribution in [-0.4, -0.2) is 10.1 Å². The van der Waals surface area contributed by atoms with E-state index in [4.69, 9.17) is 11.6 Å². The van der Waals surface area contributed by atoms with Gasteiger partial charge < -0.3 is 5.11 Å². The molecule has 1 aromatic heterocycles. The number of halogens is 1. The van der Waals surface area contributed by atoms with E-state index in [1.165, 1.54) is 11.1 Å². The monoisotopic (exact) mass is 339 g/mol. The van der Waals surface area contributed by atoms with Gasteiger partial charge in [-0.15, -0.1) is 0 Å². The Morgan fingerprint density at radius 1 is 1.17 bits per heavy atom. The van der Waals surface area contributed by atoms with E-state index >= 15 is 0 Å². The molecule has 0 unspecified atom stereocenters. The number of benzene rings is 2. The lowest BCUT2D eigenvalue weighted by atomic mass is 9.88. The maximum Gasteiger partial charge on any atom is 0.0785 e. The fourth-order valence-corrected chi connectivity index (χ4v) is 3.59. The van der Waals surface area contributed by atoms with Crippen LogP contribution in [0.5, 0.6) is 0 Å². The Bertz CT molecular complexity index is 886. The molecule has 1 heterocycles. The van der Waals surface area contributed by atoms with Crippen LogP contribution in [0.2, 0.25) is 5.02 Å². The maximum absolute atomic E-state index is 10.4. The minimum Gasteiger partial charge on any atom is -0.389 e. The smallest absolute Gasteiger partial charge is 0.0785 e. The van der Waals surface area contributed by atoms with Crippen LogP contribution in [-0.2, 0) is 6.42 Å². The molecule has 0 spiro atoms. The summed E-state index contributed by atoms with van der Waals surface area (Å²) in [6, 6.07) is 14.2. The number of fused-ring (bicyclic) bond motifs is 1. The van der Waals surface area contributed by atoms with Gasteiger partial charge in [-0.25, -0.2) is 0 Å². The molecule has 2 nitrogen and oxygen atoms in total. The Labute approximate surface area is 148 Å². The summed E-state index contributed by atoms with van der Waals surface area (Å²) in [7, 11) is 0. The van der Waals surface area contributed by atoms with Crippen molar-refractivity contribution in [2.24, 2.45) is 0 Å². The zero-order chi connectivity index (χ0) is 17.3. The first kappa shape index (κ1) is 16.9. The number of hydrogen-bond acceptors (Lipinski definition) is 2. The first-order chi connectivity index (χ1) is 11.5. The van der Waals surface area contributed by atoms with Crippen LogP contribution in [0.15, 0.2) is 42.5 Å². The molecule has 1 N–H and O–H groups in total. The van der Waals surface area contributed by atoms with Crippen LogP contribution in [0.25, 0.3) is 22.0 Å². The minimum absolute atomic E-state index is 0.581. The first-order valence-electron chi connectivity index (χ1n) is 8.39. The van der Waals surface area contributed by atoms with Gasteiger partial charge >= 0.3 is 0 Å². The number of aryl methyl sites for hydroxylation is 2. The molecule has 3 rings (SSSR count). The summed E-state index contributed by atoms with van der Waals surface area (Å²) >= 11 is 6.16. The maximum atomic E-state index is 10.4. The molecule has 0 aliphatic carbocycles. The highest BCUT2D eigenvalue weighted by Gasteiger charge is 2.19. The molecular formula is C21H22ClNO. The average molecular weight is 340 g/mol. The van der Waals surface area contributed by atoms with Crippen molar-refractivity contribution in [2.45, 2.75) is 39.7 Å². The lowest BCUT2D eigenvalue weighted by Gasteiger charge is -2.20. The molecule has 2 aromatic carbocycles. The van der Waals surface area contributed by atoms with Gasteiger partial charge in [0.2, 0.25) is 0 Å². The molecule has 0 saturated carbocycles. The predicted molar refractivity (Wildman–Crippen MR) is 102 cm³/mol. The van der Waals surface area contributed by atoms with E-state index < -0.39 is 6.10 Å². The summed E-state index contributed by atoms with van der Waals surface area (Å²) in [5.41, 5.74) is 6.16. The van der Waals surface area contributed by atoms with Crippen molar-refractivity contribution in [3.05, 3.63) is 64.3 Å². The fourth-order valence-electron chi connectivity index (χ4n) is 3.43. The van der Waals surface area contributed by atoms with Gasteiger partial charge in [-0.2, -0.15) is 0 Å². The Kier molecular flexibility index (Phi) is 4.88. The van der Waals surface area contributed by atoms with Crippen molar-refractivity contribution in [2.75, 3.05) is 0 Å². The average Bonchev–Trinajstić information content (AvgIpc) is 2.54. The molecule has 0 bridgehead atoms. The summed E-state index contributed by atoms with van der Waals surface area (Å²) in [6.45, 7) is 5.94.